The van der Waals surface area contributed by atoms with Crippen LogP contribution in [0.1, 0.15) is 10.4 Å². The molecule has 0 fully saturated rings. The van der Waals surface area contributed by atoms with Gasteiger partial charge in [-0.3, -0.25) is 4.79 Å². The van der Waals surface area contributed by atoms with Gasteiger partial charge < -0.3 is 0 Å². The summed E-state index contributed by atoms with van der Waals surface area (Å²) < 4.78 is 41.8. The van der Waals surface area contributed by atoms with Crippen LogP contribution in [-0.4, -0.2) is 16.1 Å². The van der Waals surface area contributed by atoms with Crippen molar-refractivity contribution in [3.8, 4) is 16.9 Å². The third-order valence-corrected chi connectivity index (χ3v) is 3.58. The first kappa shape index (κ1) is 15.3. The number of aldehydes is 1. The predicted octanol–water partition coefficient (Wildman–Crippen LogP) is 4.42. The van der Waals surface area contributed by atoms with Crippen LogP contribution in [0.5, 0.6) is 0 Å². The van der Waals surface area contributed by atoms with Crippen molar-refractivity contribution in [2.45, 2.75) is 0 Å². The van der Waals surface area contributed by atoms with Crippen LogP contribution < -0.4 is 0 Å². The van der Waals surface area contributed by atoms with Crippen LogP contribution in [-0.2, 0) is 0 Å². The number of hydrogen-bond donors (Lipinski definition) is 0. The highest BCUT2D eigenvalue weighted by molar-refractivity contribution is 6.32. The van der Waals surface area contributed by atoms with Crippen molar-refractivity contribution in [1.29, 1.82) is 0 Å². The van der Waals surface area contributed by atoms with Crippen LogP contribution in [0.2, 0.25) is 5.15 Å². The van der Waals surface area contributed by atoms with E-state index in [-0.39, 0.29) is 27.7 Å². The minimum Gasteiger partial charge on any atom is -0.298 e. The Balaban J connectivity index is 2.25. The van der Waals surface area contributed by atoms with Crippen molar-refractivity contribution in [1.82, 2.24) is 9.78 Å². The van der Waals surface area contributed by atoms with E-state index in [2.05, 4.69) is 5.10 Å². The van der Waals surface area contributed by atoms with Gasteiger partial charge in [0, 0.05) is 5.56 Å². The Kier molecular flexibility index (Phi) is 3.92. The molecular weight excluding hydrogens is 329 g/mol. The van der Waals surface area contributed by atoms with Crippen LogP contribution >= 0.6 is 11.6 Å². The number of carbonyl (C=O) groups is 1. The molecule has 3 rings (SSSR count). The van der Waals surface area contributed by atoms with E-state index in [4.69, 9.17) is 11.6 Å². The molecule has 0 aliphatic carbocycles. The average molecular weight is 337 g/mol. The first-order valence-electron chi connectivity index (χ1n) is 6.46. The quantitative estimate of drug-likeness (QED) is 0.663. The second-order valence-electron chi connectivity index (χ2n) is 4.69. The molecule has 2 aromatic carbocycles. The molecule has 0 atom stereocenters. The molecule has 0 radical (unpaired) electrons. The van der Waals surface area contributed by atoms with Gasteiger partial charge in [0.2, 0.25) is 0 Å². The van der Waals surface area contributed by atoms with E-state index < -0.39 is 17.5 Å². The van der Waals surface area contributed by atoms with Gasteiger partial charge >= 0.3 is 0 Å². The van der Waals surface area contributed by atoms with Gasteiger partial charge in [-0.2, -0.15) is 5.10 Å². The van der Waals surface area contributed by atoms with E-state index in [1.54, 1.807) is 0 Å². The molecule has 0 unspecified atom stereocenters. The molecule has 0 N–H and O–H groups in total. The van der Waals surface area contributed by atoms with Crippen molar-refractivity contribution in [2.75, 3.05) is 0 Å². The highest BCUT2D eigenvalue weighted by Crippen LogP contribution is 2.31. The summed E-state index contributed by atoms with van der Waals surface area (Å²) >= 11 is 6.09. The molecular formula is C16H8ClF3N2O. The summed E-state index contributed by atoms with van der Waals surface area (Å²) in [5.74, 6) is -1.97. The highest BCUT2D eigenvalue weighted by atomic mass is 35.5. The third kappa shape index (κ3) is 2.73. The number of benzene rings is 2. The Labute approximate surface area is 133 Å². The summed E-state index contributed by atoms with van der Waals surface area (Å²) in [7, 11) is 0. The van der Waals surface area contributed by atoms with Gasteiger partial charge in [-0.05, 0) is 36.4 Å². The molecule has 116 valence electrons. The molecule has 23 heavy (non-hydrogen) atoms. The zero-order valence-electron chi connectivity index (χ0n) is 11.4. The molecule has 0 spiro atoms. The van der Waals surface area contributed by atoms with Crippen LogP contribution in [0.4, 0.5) is 13.2 Å². The van der Waals surface area contributed by atoms with Gasteiger partial charge in [0.1, 0.15) is 28.3 Å². The fourth-order valence-electron chi connectivity index (χ4n) is 2.17. The van der Waals surface area contributed by atoms with Crippen molar-refractivity contribution >= 4 is 17.9 Å². The molecule has 0 saturated heterocycles. The zero-order chi connectivity index (χ0) is 16.6. The minimum absolute atomic E-state index is 0.111. The Morgan fingerprint density at radius 2 is 1.78 bits per heavy atom. The second kappa shape index (κ2) is 5.89. The molecule has 3 aromatic rings. The summed E-state index contributed by atoms with van der Waals surface area (Å²) in [5, 5.41) is 3.92. The van der Waals surface area contributed by atoms with Crippen LogP contribution in [0.3, 0.4) is 0 Å². The first-order chi connectivity index (χ1) is 11.0. The van der Waals surface area contributed by atoms with Gasteiger partial charge in [-0.15, -0.1) is 0 Å². The lowest BCUT2D eigenvalue weighted by Gasteiger charge is -2.03. The van der Waals surface area contributed by atoms with Crippen molar-refractivity contribution in [3.05, 3.63) is 70.6 Å². The number of carbonyl (C=O) groups excluding carboxylic acids is 1. The van der Waals surface area contributed by atoms with Crippen LogP contribution in [0.25, 0.3) is 16.9 Å². The molecule has 7 heteroatoms. The molecule has 1 aromatic heterocycles. The predicted molar refractivity (Wildman–Crippen MR) is 79.3 cm³/mol. The number of aromatic nitrogens is 2. The van der Waals surface area contributed by atoms with Crippen molar-refractivity contribution in [2.24, 2.45) is 0 Å². The number of nitrogens with zero attached hydrogens (tertiary/aromatic N) is 2. The van der Waals surface area contributed by atoms with Crippen LogP contribution in [0.15, 0.2) is 42.5 Å². The lowest BCUT2D eigenvalue weighted by Crippen LogP contribution is -1.97. The van der Waals surface area contributed by atoms with Crippen molar-refractivity contribution < 1.29 is 18.0 Å². The zero-order valence-corrected chi connectivity index (χ0v) is 12.2. The molecule has 0 saturated carbocycles. The highest BCUT2D eigenvalue weighted by Gasteiger charge is 2.21. The molecule has 0 aliphatic rings. The Morgan fingerprint density at radius 1 is 1.04 bits per heavy atom. The minimum atomic E-state index is -0.755. The van der Waals surface area contributed by atoms with E-state index >= 15 is 0 Å². The lowest BCUT2D eigenvalue weighted by molar-refractivity contribution is 0.112. The number of rotatable bonds is 3. The summed E-state index contributed by atoms with van der Waals surface area (Å²) in [5.41, 5.74) is -0.183. The topological polar surface area (TPSA) is 34.9 Å². The summed E-state index contributed by atoms with van der Waals surface area (Å²) in [6, 6.07) is 8.12. The van der Waals surface area contributed by atoms with Gasteiger partial charge in [-0.1, -0.05) is 17.7 Å². The lowest BCUT2D eigenvalue weighted by atomic mass is 10.1. The Hall–Kier alpha value is -2.60. The Bertz CT molecular complexity index is 908. The molecule has 0 amide bonds. The molecule has 0 aliphatic heterocycles. The average Bonchev–Trinajstić information content (AvgIpc) is 2.86. The van der Waals surface area contributed by atoms with Gasteiger partial charge in [0.15, 0.2) is 6.29 Å². The largest absolute Gasteiger partial charge is 0.298 e. The maximum Gasteiger partial charge on any atom is 0.155 e. The number of hydrogen-bond acceptors (Lipinski definition) is 2. The fraction of sp³-hybridized carbons (Fsp3) is 0. The first-order valence-corrected chi connectivity index (χ1v) is 6.84. The van der Waals surface area contributed by atoms with Gasteiger partial charge in [0.05, 0.1) is 11.3 Å². The van der Waals surface area contributed by atoms with Gasteiger partial charge in [-0.25, -0.2) is 17.9 Å². The number of halogens is 4. The molecule has 3 nitrogen and oxygen atoms in total. The smallest absolute Gasteiger partial charge is 0.155 e. The van der Waals surface area contributed by atoms with E-state index in [1.165, 1.54) is 18.2 Å². The normalized spacial score (nSPS) is 10.8. The molecule has 0 bridgehead atoms. The maximum absolute atomic E-state index is 13.9. The van der Waals surface area contributed by atoms with E-state index in [0.29, 0.717) is 6.29 Å². The SMILES string of the molecule is O=Cc1c(-c2cc(F)ccc2F)nn(-c2cccc(F)c2)c1Cl. The van der Waals surface area contributed by atoms with Crippen molar-refractivity contribution in [3.63, 3.8) is 0 Å². The third-order valence-electron chi connectivity index (χ3n) is 3.22. The summed E-state index contributed by atoms with van der Waals surface area (Å²) in [4.78, 5) is 11.3. The summed E-state index contributed by atoms with van der Waals surface area (Å²) in [6.07, 6.45) is 0.394. The van der Waals surface area contributed by atoms with E-state index in [0.717, 1.165) is 28.9 Å². The van der Waals surface area contributed by atoms with Gasteiger partial charge in [0.25, 0.3) is 0 Å². The van der Waals surface area contributed by atoms with E-state index in [1.807, 2.05) is 0 Å². The van der Waals surface area contributed by atoms with Crippen LogP contribution in [0, 0.1) is 17.5 Å². The summed E-state index contributed by atoms with van der Waals surface area (Å²) in [6.45, 7) is 0. The maximum atomic E-state index is 13.9. The molecule has 1 heterocycles. The van der Waals surface area contributed by atoms with E-state index in [9.17, 15) is 18.0 Å². The fourth-order valence-corrected chi connectivity index (χ4v) is 2.44. The standard InChI is InChI=1S/C16H8ClF3N2O/c17-16-13(8-23)15(12-7-10(19)4-5-14(12)20)21-22(16)11-3-1-2-9(18)6-11/h1-8H. The second-order valence-corrected chi connectivity index (χ2v) is 5.04. The Morgan fingerprint density at radius 3 is 2.48 bits per heavy atom. The monoisotopic (exact) mass is 336 g/mol.